The van der Waals surface area contributed by atoms with Gasteiger partial charge in [0, 0.05) is 19.6 Å². The van der Waals surface area contributed by atoms with Crippen LogP contribution in [-0.4, -0.2) is 45.5 Å². The Balaban J connectivity index is 2.27. The second-order valence-corrected chi connectivity index (χ2v) is 7.51. The highest BCUT2D eigenvalue weighted by molar-refractivity contribution is 7.91. The van der Waals surface area contributed by atoms with Gasteiger partial charge in [0.25, 0.3) is 0 Å². The molecule has 0 aliphatic carbocycles. The Bertz CT molecular complexity index is 377. The van der Waals surface area contributed by atoms with Crippen molar-refractivity contribution >= 4 is 15.8 Å². The molecule has 1 saturated heterocycles. The van der Waals surface area contributed by atoms with Gasteiger partial charge in [-0.1, -0.05) is 13.8 Å². The number of aliphatic imine (C=N–C) groups is 1. The summed E-state index contributed by atoms with van der Waals surface area (Å²) in [6, 6.07) is 0.00583. The molecule has 0 amide bonds. The molecule has 0 aromatic rings. The Hall–Kier alpha value is -0.780. The zero-order chi connectivity index (χ0) is 13.6. The third-order valence-electron chi connectivity index (χ3n) is 3.05. The zero-order valence-corrected chi connectivity index (χ0v) is 12.4. The molecule has 5 nitrogen and oxygen atoms in total. The van der Waals surface area contributed by atoms with E-state index in [1.807, 2.05) is 0 Å². The highest BCUT2D eigenvalue weighted by atomic mass is 32.2. The van der Waals surface area contributed by atoms with Crippen molar-refractivity contribution in [3.05, 3.63) is 0 Å². The predicted molar refractivity (Wildman–Crippen MR) is 75.6 cm³/mol. The molecular weight excluding hydrogens is 250 g/mol. The second-order valence-electron chi connectivity index (χ2n) is 5.28. The Morgan fingerprint density at radius 1 is 1.44 bits per heavy atom. The quantitative estimate of drug-likeness (QED) is 0.442. The van der Waals surface area contributed by atoms with Crippen LogP contribution >= 0.6 is 0 Å². The van der Waals surface area contributed by atoms with Crippen LogP contribution < -0.4 is 10.6 Å². The molecule has 6 heteroatoms. The van der Waals surface area contributed by atoms with Crippen molar-refractivity contribution in [2.75, 3.05) is 25.1 Å². The van der Waals surface area contributed by atoms with Gasteiger partial charge >= 0.3 is 0 Å². The SMILES string of the molecule is CN=C(NCCCC(C)C)NC1CCS(=O)(=O)C1. The molecule has 1 rings (SSSR count). The summed E-state index contributed by atoms with van der Waals surface area (Å²) in [5, 5.41) is 6.39. The highest BCUT2D eigenvalue weighted by Gasteiger charge is 2.28. The van der Waals surface area contributed by atoms with E-state index in [2.05, 4.69) is 29.5 Å². The number of hydrogen-bond donors (Lipinski definition) is 2. The molecule has 1 aliphatic heterocycles. The second kappa shape index (κ2) is 6.97. The average molecular weight is 275 g/mol. The lowest BCUT2D eigenvalue weighted by Gasteiger charge is -2.16. The van der Waals surface area contributed by atoms with Gasteiger partial charge in [0.15, 0.2) is 15.8 Å². The number of hydrogen-bond acceptors (Lipinski definition) is 3. The topological polar surface area (TPSA) is 70.6 Å². The third-order valence-corrected chi connectivity index (χ3v) is 4.82. The molecule has 106 valence electrons. The van der Waals surface area contributed by atoms with E-state index in [4.69, 9.17) is 0 Å². The molecule has 1 aliphatic rings. The Morgan fingerprint density at radius 2 is 2.17 bits per heavy atom. The summed E-state index contributed by atoms with van der Waals surface area (Å²) in [5.74, 6) is 1.93. The largest absolute Gasteiger partial charge is 0.356 e. The molecule has 1 atom stereocenters. The van der Waals surface area contributed by atoms with Crippen molar-refractivity contribution in [1.82, 2.24) is 10.6 Å². The first-order valence-corrected chi connectivity index (χ1v) is 8.42. The number of guanidine groups is 1. The Morgan fingerprint density at radius 3 is 2.67 bits per heavy atom. The standard InChI is InChI=1S/C12H25N3O2S/c1-10(2)5-4-7-14-12(13-3)15-11-6-8-18(16,17)9-11/h10-11H,4-9H2,1-3H3,(H2,13,14,15). The number of sulfone groups is 1. The third kappa shape index (κ3) is 5.71. The van der Waals surface area contributed by atoms with Crippen molar-refractivity contribution in [2.45, 2.75) is 39.2 Å². The summed E-state index contributed by atoms with van der Waals surface area (Å²) in [5.41, 5.74) is 0. The van der Waals surface area contributed by atoms with Crippen molar-refractivity contribution in [3.8, 4) is 0 Å². The first kappa shape index (κ1) is 15.3. The lowest BCUT2D eigenvalue weighted by atomic mass is 10.1. The monoisotopic (exact) mass is 275 g/mol. The maximum atomic E-state index is 11.3. The molecular formula is C12H25N3O2S. The highest BCUT2D eigenvalue weighted by Crippen LogP contribution is 2.10. The molecule has 0 aromatic heterocycles. The summed E-state index contributed by atoms with van der Waals surface area (Å²) in [6.07, 6.45) is 2.96. The first-order chi connectivity index (χ1) is 8.43. The molecule has 1 unspecified atom stereocenters. The van der Waals surface area contributed by atoms with E-state index in [-0.39, 0.29) is 17.5 Å². The van der Waals surface area contributed by atoms with Crippen LogP contribution in [-0.2, 0) is 9.84 Å². The normalized spacial score (nSPS) is 23.3. The number of rotatable bonds is 5. The minimum atomic E-state index is -2.83. The fourth-order valence-electron chi connectivity index (χ4n) is 2.01. The summed E-state index contributed by atoms with van der Waals surface area (Å²) in [7, 11) is -1.12. The zero-order valence-electron chi connectivity index (χ0n) is 11.6. The van der Waals surface area contributed by atoms with Crippen molar-refractivity contribution in [3.63, 3.8) is 0 Å². The fourth-order valence-corrected chi connectivity index (χ4v) is 3.69. The van der Waals surface area contributed by atoms with Crippen LogP contribution in [0.2, 0.25) is 0 Å². The number of nitrogens with one attached hydrogen (secondary N) is 2. The molecule has 0 radical (unpaired) electrons. The van der Waals surface area contributed by atoms with E-state index < -0.39 is 9.84 Å². The summed E-state index contributed by atoms with van der Waals surface area (Å²) < 4.78 is 22.7. The van der Waals surface area contributed by atoms with Crippen LogP contribution in [0.3, 0.4) is 0 Å². The molecule has 0 spiro atoms. The van der Waals surface area contributed by atoms with Gasteiger partial charge in [-0.2, -0.15) is 0 Å². The minimum absolute atomic E-state index is 0.00583. The van der Waals surface area contributed by atoms with E-state index in [1.54, 1.807) is 7.05 Å². The van der Waals surface area contributed by atoms with Crippen molar-refractivity contribution < 1.29 is 8.42 Å². The number of nitrogens with zero attached hydrogens (tertiary/aromatic N) is 1. The molecule has 0 saturated carbocycles. The van der Waals surface area contributed by atoms with Gasteiger partial charge < -0.3 is 10.6 Å². The van der Waals surface area contributed by atoms with Gasteiger partial charge in [-0.25, -0.2) is 8.42 Å². The molecule has 2 N–H and O–H groups in total. The van der Waals surface area contributed by atoms with Crippen LogP contribution in [0, 0.1) is 5.92 Å². The molecule has 0 bridgehead atoms. The van der Waals surface area contributed by atoms with Crippen LogP contribution in [0.15, 0.2) is 4.99 Å². The fraction of sp³-hybridized carbons (Fsp3) is 0.917. The lowest BCUT2D eigenvalue weighted by molar-refractivity contribution is 0.546. The van der Waals surface area contributed by atoms with E-state index >= 15 is 0 Å². The van der Waals surface area contributed by atoms with E-state index in [0.29, 0.717) is 18.3 Å². The maximum absolute atomic E-state index is 11.3. The molecule has 0 aromatic carbocycles. The van der Waals surface area contributed by atoms with E-state index in [0.717, 1.165) is 13.0 Å². The first-order valence-electron chi connectivity index (χ1n) is 6.60. The van der Waals surface area contributed by atoms with E-state index in [1.165, 1.54) is 6.42 Å². The summed E-state index contributed by atoms with van der Waals surface area (Å²) in [6.45, 7) is 5.28. The Labute approximate surface area is 110 Å². The van der Waals surface area contributed by atoms with Crippen molar-refractivity contribution in [2.24, 2.45) is 10.9 Å². The van der Waals surface area contributed by atoms with E-state index in [9.17, 15) is 8.42 Å². The van der Waals surface area contributed by atoms with Gasteiger partial charge in [0.05, 0.1) is 11.5 Å². The van der Waals surface area contributed by atoms with Crippen LogP contribution in [0.4, 0.5) is 0 Å². The van der Waals surface area contributed by atoms with Gasteiger partial charge in [0.1, 0.15) is 0 Å². The maximum Gasteiger partial charge on any atom is 0.191 e. The predicted octanol–water partition coefficient (Wildman–Crippen LogP) is 0.775. The summed E-state index contributed by atoms with van der Waals surface area (Å²) in [4.78, 5) is 4.12. The lowest BCUT2D eigenvalue weighted by Crippen LogP contribution is -2.44. The molecule has 1 fully saturated rings. The minimum Gasteiger partial charge on any atom is -0.356 e. The van der Waals surface area contributed by atoms with Gasteiger partial charge in [-0.05, 0) is 25.2 Å². The van der Waals surface area contributed by atoms with Crippen molar-refractivity contribution in [1.29, 1.82) is 0 Å². The van der Waals surface area contributed by atoms with Gasteiger partial charge in [-0.15, -0.1) is 0 Å². The Kier molecular flexibility index (Phi) is 5.91. The van der Waals surface area contributed by atoms with Crippen LogP contribution in [0.5, 0.6) is 0 Å². The average Bonchev–Trinajstić information content (AvgIpc) is 2.62. The van der Waals surface area contributed by atoms with Gasteiger partial charge in [-0.3, -0.25) is 4.99 Å². The molecule has 18 heavy (non-hydrogen) atoms. The van der Waals surface area contributed by atoms with Gasteiger partial charge in [0.2, 0.25) is 0 Å². The van der Waals surface area contributed by atoms with Crippen LogP contribution in [0.25, 0.3) is 0 Å². The summed E-state index contributed by atoms with van der Waals surface area (Å²) >= 11 is 0. The smallest absolute Gasteiger partial charge is 0.191 e. The molecule has 1 heterocycles. The van der Waals surface area contributed by atoms with Crippen LogP contribution in [0.1, 0.15) is 33.1 Å².